The van der Waals surface area contributed by atoms with Crippen LogP contribution in [-0.2, 0) is 26.4 Å². The molecule has 5 nitrogen and oxygen atoms in total. The van der Waals surface area contributed by atoms with Crippen molar-refractivity contribution in [3.05, 3.63) is 51.3 Å². The number of phenolic OH excluding ortho intramolecular Hbond substituents is 2. The molecule has 0 fully saturated rings. The van der Waals surface area contributed by atoms with E-state index < -0.39 is 0 Å². The summed E-state index contributed by atoms with van der Waals surface area (Å²) >= 11 is 17.8. The molecule has 0 bridgehead atoms. The number of nitrogens with one attached hydrogen (secondary N) is 1. The number of benzene rings is 1. The van der Waals surface area contributed by atoms with E-state index in [4.69, 9.17) is 35.4 Å². The Labute approximate surface area is 167 Å². The molecule has 0 spiro atoms. The monoisotopic (exact) mass is 412 g/mol. The summed E-state index contributed by atoms with van der Waals surface area (Å²) in [6, 6.07) is 6.09. The van der Waals surface area contributed by atoms with E-state index in [1.165, 1.54) is 5.69 Å². The summed E-state index contributed by atoms with van der Waals surface area (Å²) in [6.45, 7) is 1.82. The minimum absolute atomic E-state index is 0.130. The van der Waals surface area contributed by atoms with Gasteiger partial charge in [0.1, 0.15) is 7.05 Å². The van der Waals surface area contributed by atoms with Gasteiger partial charge in [-0.2, -0.15) is 0 Å². The van der Waals surface area contributed by atoms with Crippen molar-refractivity contribution in [2.75, 3.05) is 13.1 Å². The van der Waals surface area contributed by atoms with Gasteiger partial charge in [-0.05, 0) is 29.8 Å². The van der Waals surface area contributed by atoms with Crippen LogP contribution in [0, 0.1) is 0 Å². The summed E-state index contributed by atoms with van der Waals surface area (Å²) in [6.07, 6.45) is 3.46. The molecule has 1 aromatic carbocycles. The molecule has 3 rings (SSSR count). The van der Waals surface area contributed by atoms with E-state index in [1.807, 2.05) is 30.3 Å². The zero-order valence-corrected chi connectivity index (χ0v) is 16.6. The zero-order valence-electron chi connectivity index (χ0n) is 14.3. The average Bonchev–Trinajstić information content (AvgIpc) is 2.65. The number of fused-ring (bicyclic) bond motifs is 1. The Morgan fingerprint density at radius 3 is 2.62 bits per heavy atom. The number of hydrogen-bond donors (Lipinski definition) is 3. The molecule has 0 unspecified atom stereocenters. The second-order valence-electron chi connectivity index (χ2n) is 6.24. The summed E-state index contributed by atoms with van der Waals surface area (Å²) < 4.78 is 2.08. The van der Waals surface area contributed by atoms with Crippen LogP contribution < -0.4 is 9.88 Å². The number of thiocarbonyl (C=S) groups is 1. The number of phenols is 2. The van der Waals surface area contributed by atoms with E-state index in [-0.39, 0.29) is 21.5 Å². The smallest absolute Gasteiger partial charge is 0.182 e. The van der Waals surface area contributed by atoms with Gasteiger partial charge in [0.05, 0.1) is 10.0 Å². The zero-order chi connectivity index (χ0) is 18.8. The highest BCUT2D eigenvalue weighted by Gasteiger charge is 2.27. The number of aromatic nitrogens is 1. The largest absolute Gasteiger partial charge is 0.503 e. The van der Waals surface area contributed by atoms with Crippen LogP contribution in [0.25, 0.3) is 0 Å². The first-order valence-corrected chi connectivity index (χ1v) is 9.43. The second-order valence-corrected chi connectivity index (χ2v) is 7.38. The molecule has 1 aliphatic heterocycles. The van der Waals surface area contributed by atoms with Gasteiger partial charge in [-0.1, -0.05) is 29.3 Å². The van der Waals surface area contributed by atoms with Crippen molar-refractivity contribution in [1.82, 2.24) is 10.2 Å². The van der Waals surface area contributed by atoms with Gasteiger partial charge in [-0.15, -0.1) is 0 Å². The molecular weight excluding hydrogens is 393 g/mol. The van der Waals surface area contributed by atoms with Crippen LogP contribution in [0.1, 0.15) is 16.8 Å². The van der Waals surface area contributed by atoms with Crippen molar-refractivity contribution in [3.63, 3.8) is 0 Å². The lowest BCUT2D eigenvalue weighted by Gasteiger charge is -2.32. The highest BCUT2D eigenvalue weighted by atomic mass is 35.5. The SMILES string of the molecule is C[n+]1ccccc1CCNC(=S)N1CCc2c(Cl)c(O)c(O)c(Cl)c2C1. The molecule has 2 heterocycles. The van der Waals surface area contributed by atoms with Crippen LogP contribution in [0.5, 0.6) is 11.5 Å². The Kier molecular flexibility index (Phi) is 5.75. The fourth-order valence-electron chi connectivity index (χ4n) is 3.10. The first-order valence-electron chi connectivity index (χ1n) is 8.27. The molecule has 0 radical (unpaired) electrons. The highest BCUT2D eigenvalue weighted by molar-refractivity contribution is 7.80. The Balaban J connectivity index is 1.65. The maximum atomic E-state index is 9.93. The predicted octanol–water partition coefficient (Wildman–Crippen LogP) is 2.70. The highest BCUT2D eigenvalue weighted by Crippen LogP contribution is 2.46. The van der Waals surface area contributed by atoms with E-state index in [0.29, 0.717) is 30.2 Å². The Hall–Kier alpha value is -1.76. The number of pyridine rings is 1. The number of nitrogens with zero attached hydrogens (tertiary/aromatic N) is 2. The van der Waals surface area contributed by atoms with E-state index in [0.717, 1.165) is 18.5 Å². The van der Waals surface area contributed by atoms with Gasteiger partial charge in [0.25, 0.3) is 0 Å². The van der Waals surface area contributed by atoms with E-state index >= 15 is 0 Å². The maximum absolute atomic E-state index is 9.93. The summed E-state index contributed by atoms with van der Waals surface area (Å²) in [5.74, 6) is -0.743. The molecule has 138 valence electrons. The number of rotatable bonds is 3. The lowest BCUT2D eigenvalue weighted by Crippen LogP contribution is -2.44. The Morgan fingerprint density at radius 2 is 1.92 bits per heavy atom. The van der Waals surface area contributed by atoms with Crippen molar-refractivity contribution >= 4 is 40.5 Å². The Bertz CT molecular complexity index is 861. The summed E-state index contributed by atoms with van der Waals surface area (Å²) in [5, 5.41) is 24.0. The van der Waals surface area contributed by atoms with Gasteiger partial charge in [0, 0.05) is 38.2 Å². The third-order valence-electron chi connectivity index (χ3n) is 4.62. The minimum Gasteiger partial charge on any atom is -0.503 e. The predicted molar refractivity (Wildman–Crippen MR) is 106 cm³/mol. The van der Waals surface area contributed by atoms with Crippen LogP contribution in [-0.4, -0.2) is 33.3 Å². The molecule has 0 atom stereocenters. The quantitative estimate of drug-likeness (QED) is 0.411. The second kappa shape index (κ2) is 7.86. The van der Waals surface area contributed by atoms with Gasteiger partial charge in [0.2, 0.25) is 0 Å². The topological polar surface area (TPSA) is 59.6 Å². The third-order valence-corrected chi connectivity index (χ3v) is 5.84. The minimum atomic E-state index is -0.382. The van der Waals surface area contributed by atoms with Crippen molar-refractivity contribution in [1.29, 1.82) is 0 Å². The van der Waals surface area contributed by atoms with Crippen molar-refractivity contribution in [3.8, 4) is 11.5 Å². The van der Waals surface area contributed by atoms with E-state index in [9.17, 15) is 10.2 Å². The normalized spacial score (nSPS) is 13.4. The number of halogens is 2. The summed E-state index contributed by atoms with van der Waals surface area (Å²) in [5.41, 5.74) is 2.68. The molecule has 0 amide bonds. The first-order chi connectivity index (χ1) is 12.4. The van der Waals surface area contributed by atoms with Crippen molar-refractivity contribution in [2.45, 2.75) is 19.4 Å². The Morgan fingerprint density at radius 1 is 1.23 bits per heavy atom. The standard InChI is InChI=1S/C18H19Cl2N3O2S/c1-22-8-3-2-4-11(22)5-7-21-18(26)23-9-6-12-13(10-23)15(20)17(25)16(24)14(12)19/h2-4,8H,5-7,9-10H2,1H3,(H2-,21,24,25,26)/p+1. The fraction of sp³-hybridized carbons (Fsp3) is 0.333. The van der Waals surface area contributed by atoms with Crippen molar-refractivity contribution in [2.24, 2.45) is 7.05 Å². The van der Waals surface area contributed by atoms with Crippen LogP contribution in [0.2, 0.25) is 10.0 Å². The van der Waals surface area contributed by atoms with E-state index in [2.05, 4.69) is 16.0 Å². The maximum Gasteiger partial charge on any atom is 0.182 e. The molecule has 26 heavy (non-hydrogen) atoms. The molecule has 3 N–H and O–H groups in total. The number of aryl methyl sites for hydroxylation is 1. The summed E-state index contributed by atoms with van der Waals surface area (Å²) in [7, 11) is 2.02. The van der Waals surface area contributed by atoms with Crippen molar-refractivity contribution < 1.29 is 14.8 Å². The molecule has 0 aliphatic carbocycles. The lowest BCUT2D eigenvalue weighted by atomic mass is 9.98. The fourth-order valence-corrected chi connectivity index (χ4v) is 3.92. The third kappa shape index (κ3) is 3.68. The van der Waals surface area contributed by atoms with Gasteiger partial charge in [-0.3, -0.25) is 0 Å². The van der Waals surface area contributed by atoms with E-state index in [1.54, 1.807) is 0 Å². The average molecular weight is 413 g/mol. The van der Waals surface area contributed by atoms with Crippen LogP contribution >= 0.6 is 35.4 Å². The molecule has 8 heteroatoms. The first kappa shape index (κ1) is 19.0. The molecule has 0 saturated carbocycles. The van der Waals surface area contributed by atoms with Crippen LogP contribution in [0.4, 0.5) is 0 Å². The number of aromatic hydroxyl groups is 2. The van der Waals surface area contributed by atoms with Gasteiger partial charge >= 0.3 is 0 Å². The van der Waals surface area contributed by atoms with Crippen LogP contribution in [0.15, 0.2) is 24.4 Å². The number of hydrogen-bond acceptors (Lipinski definition) is 3. The summed E-state index contributed by atoms with van der Waals surface area (Å²) in [4.78, 5) is 1.99. The lowest BCUT2D eigenvalue weighted by molar-refractivity contribution is -0.679. The van der Waals surface area contributed by atoms with Gasteiger partial charge in [0.15, 0.2) is 28.5 Å². The van der Waals surface area contributed by atoms with Crippen LogP contribution in [0.3, 0.4) is 0 Å². The molecule has 0 saturated heterocycles. The molecule has 2 aromatic rings. The van der Waals surface area contributed by atoms with Gasteiger partial charge in [-0.25, -0.2) is 4.57 Å². The molecular formula is C18H20Cl2N3O2S+. The van der Waals surface area contributed by atoms with Gasteiger partial charge < -0.3 is 20.4 Å². The molecule has 1 aliphatic rings. The molecule has 1 aromatic heterocycles.